The maximum Gasteiger partial charge on any atom is 0.272 e. The lowest BCUT2D eigenvalue weighted by Gasteiger charge is -2.14. The van der Waals surface area contributed by atoms with Crippen LogP contribution < -0.4 is 5.73 Å². The predicted molar refractivity (Wildman–Crippen MR) is 52.7 cm³/mol. The maximum atomic E-state index is 11.8. The van der Waals surface area contributed by atoms with Crippen LogP contribution in [0.4, 0.5) is 0 Å². The van der Waals surface area contributed by atoms with Crippen LogP contribution in [0, 0.1) is 0 Å². The summed E-state index contributed by atoms with van der Waals surface area (Å²) in [5.41, 5.74) is 6.23. The van der Waals surface area contributed by atoms with E-state index < -0.39 is 0 Å². The van der Waals surface area contributed by atoms with Gasteiger partial charge in [-0.2, -0.15) is 0 Å². The van der Waals surface area contributed by atoms with Crippen molar-refractivity contribution in [3.8, 4) is 0 Å². The van der Waals surface area contributed by atoms with Gasteiger partial charge in [0.1, 0.15) is 5.69 Å². The average Bonchev–Trinajstić information content (AvgIpc) is 2.65. The van der Waals surface area contributed by atoms with E-state index in [1.165, 1.54) is 0 Å². The summed E-state index contributed by atoms with van der Waals surface area (Å²) in [5.74, 6) is -0.0152. The Morgan fingerprint density at radius 1 is 1.57 bits per heavy atom. The van der Waals surface area contributed by atoms with Gasteiger partial charge in [0.05, 0.1) is 0 Å². The van der Waals surface area contributed by atoms with Gasteiger partial charge in [-0.05, 0) is 18.6 Å². The van der Waals surface area contributed by atoms with Gasteiger partial charge in [-0.3, -0.25) is 9.78 Å². The quantitative estimate of drug-likeness (QED) is 0.692. The monoisotopic (exact) mass is 191 g/mol. The van der Waals surface area contributed by atoms with Crippen molar-refractivity contribution in [1.29, 1.82) is 0 Å². The number of nitrogens with zero attached hydrogens (tertiary/aromatic N) is 2. The van der Waals surface area contributed by atoms with E-state index in [9.17, 15) is 4.79 Å². The molecule has 1 aromatic rings. The summed E-state index contributed by atoms with van der Waals surface area (Å²) in [6, 6.07) is 5.47. The molecular weight excluding hydrogens is 178 g/mol. The van der Waals surface area contributed by atoms with Crippen LogP contribution in [0.3, 0.4) is 0 Å². The Bertz CT molecular complexity index is 325. The molecule has 1 saturated heterocycles. The van der Waals surface area contributed by atoms with Gasteiger partial charge < -0.3 is 10.6 Å². The summed E-state index contributed by atoms with van der Waals surface area (Å²) >= 11 is 0. The molecular formula is C10H13N3O. The molecule has 4 nitrogen and oxygen atoms in total. The van der Waals surface area contributed by atoms with Crippen LogP contribution in [-0.2, 0) is 0 Å². The second kappa shape index (κ2) is 3.75. The molecule has 2 rings (SSSR count). The molecule has 0 bridgehead atoms. The van der Waals surface area contributed by atoms with E-state index in [4.69, 9.17) is 5.73 Å². The van der Waals surface area contributed by atoms with E-state index in [2.05, 4.69) is 4.98 Å². The van der Waals surface area contributed by atoms with Crippen molar-refractivity contribution in [1.82, 2.24) is 9.88 Å². The molecule has 2 N–H and O–H groups in total. The van der Waals surface area contributed by atoms with E-state index in [-0.39, 0.29) is 11.9 Å². The van der Waals surface area contributed by atoms with E-state index >= 15 is 0 Å². The Morgan fingerprint density at radius 3 is 3.00 bits per heavy atom. The minimum Gasteiger partial charge on any atom is -0.336 e. The molecule has 1 aromatic heterocycles. The summed E-state index contributed by atoms with van der Waals surface area (Å²) in [6.07, 6.45) is 2.52. The van der Waals surface area contributed by atoms with Crippen molar-refractivity contribution in [2.45, 2.75) is 12.5 Å². The van der Waals surface area contributed by atoms with Crippen molar-refractivity contribution in [2.24, 2.45) is 5.73 Å². The highest BCUT2D eigenvalue weighted by Crippen LogP contribution is 2.10. The molecule has 0 saturated carbocycles. The van der Waals surface area contributed by atoms with Crippen molar-refractivity contribution >= 4 is 5.91 Å². The third kappa shape index (κ3) is 1.75. The molecule has 0 unspecified atom stereocenters. The Morgan fingerprint density at radius 2 is 2.43 bits per heavy atom. The molecule has 0 aliphatic carbocycles. The summed E-state index contributed by atoms with van der Waals surface area (Å²) in [6.45, 7) is 1.39. The number of pyridine rings is 1. The minimum atomic E-state index is -0.0152. The Balaban J connectivity index is 2.10. The number of carbonyl (C=O) groups is 1. The van der Waals surface area contributed by atoms with Crippen LogP contribution >= 0.6 is 0 Å². The van der Waals surface area contributed by atoms with Crippen LogP contribution in [0.2, 0.25) is 0 Å². The Hall–Kier alpha value is -1.42. The standard InChI is InChI=1S/C10H13N3O/c11-8-4-6-13(7-8)10(14)9-3-1-2-5-12-9/h1-3,5,8H,4,6-7,11H2/t8-/m1/s1. The first-order valence-electron chi connectivity index (χ1n) is 4.73. The molecule has 0 radical (unpaired) electrons. The highest BCUT2D eigenvalue weighted by atomic mass is 16.2. The average molecular weight is 191 g/mol. The fraction of sp³-hybridized carbons (Fsp3) is 0.400. The fourth-order valence-corrected chi connectivity index (χ4v) is 1.62. The molecule has 4 heteroatoms. The van der Waals surface area contributed by atoms with Gasteiger partial charge >= 0.3 is 0 Å². The number of likely N-dealkylation sites (tertiary alicyclic amines) is 1. The van der Waals surface area contributed by atoms with E-state index in [0.29, 0.717) is 12.2 Å². The molecule has 1 aliphatic rings. The zero-order chi connectivity index (χ0) is 9.97. The largest absolute Gasteiger partial charge is 0.336 e. The lowest BCUT2D eigenvalue weighted by molar-refractivity contribution is 0.0785. The van der Waals surface area contributed by atoms with Crippen molar-refractivity contribution < 1.29 is 4.79 Å². The molecule has 1 amide bonds. The second-order valence-corrected chi connectivity index (χ2v) is 3.51. The lowest BCUT2D eigenvalue weighted by atomic mass is 10.3. The first-order chi connectivity index (χ1) is 6.77. The maximum absolute atomic E-state index is 11.8. The van der Waals surface area contributed by atoms with Crippen molar-refractivity contribution in [3.63, 3.8) is 0 Å². The summed E-state index contributed by atoms with van der Waals surface area (Å²) < 4.78 is 0. The molecule has 14 heavy (non-hydrogen) atoms. The topological polar surface area (TPSA) is 59.2 Å². The zero-order valence-corrected chi connectivity index (χ0v) is 7.89. The van der Waals surface area contributed by atoms with Crippen LogP contribution in [0.5, 0.6) is 0 Å². The highest BCUT2D eigenvalue weighted by Gasteiger charge is 2.24. The minimum absolute atomic E-state index is 0.0152. The summed E-state index contributed by atoms with van der Waals surface area (Å²) in [5, 5.41) is 0. The first kappa shape index (κ1) is 9.15. The van der Waals surface area contributed by atoms with Crippen LogP contribution in [-0.4, -0.2) is 34.9 Å². The van der Waals surface area contributed by atoms with Crippen LogP contribution in [0.15, 0.2) is 24.4 Å². The van der Waals surface area contributed by atoms with Crippen molar-refractivity contribution in [2.75, 3.05) is 13.1 Å². The van der Waals surface area contributed by atoms with Gasteiger partial charge in [0.2, 0.25) is 0 Å². The van der Waals surface area contributed by atoms with E-state index in [1.54, 1.807) is 23.2 Å². The number of amides is 1. The smallest absolute Gasteiger partial charge is 0.272 e. The SMILES string of the molecule is N[C@@H]1CCN(C(=O)c2ccccn2)C1. The highest BCUT2D eigenvalue weighted by molar-refractivity contribution is 5.92. The van der Waals surface area contributed by atoms with E-state index in [0.717, 1.165) is 13.0 Å². The lowest BCUT2D eigenvalue weighted by Crippen LogP contribution is -2.32. The number of hydrogen-bond donors (Lipinski definition) is 1. The number of hydrogen-bond acceptors (Lipinski definition) is 3. The summed E-state index contributed by atoms with van der Waals surface area (Å²) in [7, 11) is 0. The van der Waals surface area contributed by atoms with Crippen molar-refractivity contribution in [3.05, 3.63) is 30.1 Å². The molecule has 0 spiro atoms. The molecule has 0 aromatic carbocycles. The molecule has 74 valence electrons. The third-order valence-corrected chi connectivity index (χ3v) is 2.40. The van der Waals surface area contributed by atoms with Crippen LogP contribution in [0.25, 0.3) is 0 Å². The molecule has 1 fully saturated rings. The second-order valence-electron chi connectivity index (χ2n) is 3.51. The van der Waals surface area contributed by atoms with Gasteiger partial charge in [0.25, 0.3) is 5.91 Å². The zero-order valence-electron chi connectivity index (χ0n) is 7.89. The Labute approximate surface area is 82.7 Å². The molecule has 1 atom stereocenters. The van der Waals surface area contributed by atoms with Gasteiger partial charge in [-0.1, -0.05) is 6.07 Å². The third-order valence-electron chi connectivity index (χ3n) is 2.40. The van der Waals surface area contributed by atoms with Gasteiger partial charge in [-0.25, -0.2) is 0 Å². The fourth-order valence-electron chi connectivity index (χ4n) is 1.62. The molecule has 2 heterocycles. The number of aromatic nitrogens is 1. The van der Waals surface area contributed by atoms with Crippen LogP contribution in [0.1, 0.15) is 16.9 Å². The first-order valence-corrected chi connectivity index (χ1v) is 4.73. The number of carbonyl (C=O) groups excluding carboxylic acids is 1. The normalized spacial score (nSPS) is 21.2. The predicted octanol–water partition coefficient (Wildman–Crippen LogP) is 0.255. The van der Waals surface area contributed by atoms with E-state index in [1.807, 2.05) is 6.07 Å². The Kier molecular flexibility index (Phi) is 2.45. The van der Waals surface area contributed by atoms with Gasteiger partial charge in [0.15, 0.2) is 0 Å². The number of nitrogens with two attached hydrogens (primary N) is 1. The molecule has 1 aliphatic heterocycles. The van der Waals surface area contributed by atoms with Gasteiger partial charge in [0, 0.05) is 25.3 Å². The number of rotatable bonds is 1. The van der Waals surface area contributed by atoms with Gasteiger partial charge in [-0.15, -0.1) is 0 Å². The summed E-state index contributed by atoms with van der Waals surface area (Å²) in [4.78, 5) is 17.6.